The third-order valence-electron chi connectivity index (χ3n) is 5.83. The number of nitrogens with zero attached hydrogens (tertiary/aromatic N) is 1. The maximum atomic E-state index is 13.6. The lowest BCUT2D eigenvalue weighted by molar-refractivity contribution is -0.142. The van der Waals surface area contributed by atoms with E-state index in [1.807, 2.05) is 48.5 Å². The van der Waals surface area contributed by atoms with Gasteiger partial charge in [0.05, 0.1) is 14.5 Å². The van der Waals surface area contributed by atoms with Crippen LogP contribution in [0.15, 0.2) is 71.2 Å². The minimum absolute atomic E-state index is 0.164. The highest BCUT2D eigenvalue weighted by molar-refractivity contribution is 9.10. The summed E-state index contributed by atoms with van der Waals surface area (Å²) in [6, 6.07) is 19.8. The summed E-state index contributed by atoms with van der Waals surface area (Å²) >= 11 is 15.8. The van der Waals surface area contributed by atoms with Crippen LogP contribution in [0.3, 0.4) is 0 Å². The first-order valence-corrected chi connectivity index (χ1v) is 13.2. The number of likely N-dealkylation sites (N-methyl/N-ethyl adjacent to an activating group) is 1. The molecular weight excluding hydrogens is 563 g/mol. The quantitative estimate of drug-likeness (QED) is 0.287. The Morgan fingerprint density at radius 2 is 1.69 bits per heavy atom. The molecule has 0 bridgehead atoms. The van der Waals surface area contributed by atoms with E-state index in [1.165, 1.54) is 4.90 Å². The highest BCUT2D eigenvalue weighted by atomic mass is 79.9. The molecule has 0 radical (unpaired) electrons. The van der Waals surface area contributed by atoms with Crippen LogP contribution in [0.2, 0.25) is 10.0 Å². The summed E-state index contributed by atoms with van der Waals surface area (Å²) in [5.41, 5.74) is 2.84. The molecule has 2 amide bonds. The molecule has 0 fully saturated rings. The molecule has 1 N–H and O–H groups in total. The second kappa shape index (κ2) is 13.1. The van der Waals surface area contributed by atoms with Gasteiger partial charge in [0.25, 0.3) is 5.91 Å². The van der Waals surface area contributed by atoms with Crippen LogP contribution in [-0.2, 0) is 22.6 Å². The predicted octanol–water partition coefficient (Wildman–Crippen LogP) is 6.64. The highest BCUT2D eigenvalue weighted by Crippen LogP contribution is 2.29. The van der Waals surface area contributed by atoms with Gasteiger partial charge < -0.3 is 15.0 Å². The summed E-state index contributed by atoms with van der Waals surface area (Å²) in [6.07, 6.45) is 0.348. The van der Waals surface area contributed by atoms with Crippen molar-refractivity contribution in [3.8, 4) is 5.75 Å². The lowest BCUT2D eigenvalue weighted by Gasteiger charge is -2.31. The molecular formula is C28H29BrCl2N2O3. The van der Waals surface area contributed by atoms with Gasteiger partial charge in [0.2, 0.25) is 5.91 Å². The maximum Gasteiger partial charge on any atom is 0.261 e. The molecule has 5 nitrogen and oxygen atoms in total. The van der Waals surface area contributed by atoms with Gasteiger partial charge in [0, 0.05) is 20.0 Å². The second-order valence-corrected chi connectivity index (χ2v) is 10.4. The van der Waals surface area contributed by atoms with Gasteiger partial charge in [-0.05, 0) is 62.8 Å². The molecule has 0 spiro atoms. The Morgan fingerprint density at radius 3 is 2.31 bits per heavy atom. The summed E-state index contributed by atoms with van der Waals surface area (Å²) in [4.78, 5) is 28.1. The summed E-state index contributed by atoms with van der Waals surface area (Å²) in [7, 11) is 1.56. The van der Waals surface area contributed by atoms with Crippen LogP contribution in [-0.4, -0.2) is 36.4 Å². The van der Waals surface area contributed by atoms with Crippen molar-refractivity contribution in [2.75, 3.05) is 13.7 Å². The fourth-order valence-corrected chi connectivity index (χ4v) is 4.60. The van der Waals surface area contributed by atoms with E-state index in [9.17, 15) is 9.59 Å². The topological polar surface area (TPSA) is 58.6 Å². The first-order valence-electron chi connectivity index (χ1n) is 11.6. The van der Waals surface area contributed by atoms with Gasteiger partial charge in [-0.2, -0.15) is 0 Å². The molecule has 36 heavy (non-hydrogen) atoms. The minimum Gasteiger partial charge on any atom is -0.483 e. The number of nitrogens with one attached hydrogen (secondary N) is 1. The fourth-order valence-electron chi connectivity index (χ4n) is 3.77. The molecule has 190 valence electrons. The zero-order valence-corrected chi connectivity index (χ0v) is 23.5. The Labute approximate surface area is 230 Å². The van der Waals surface area contributed by atoms with E-state index < -0.39 is 6.04 Å². The molecule has 0 aliphatic rings. The normalized spacial score (nSPS) is 11.8. The van der Waals surface area contributed by atoms with Crippen molar-refractivity contribution in [1.82, 2.24) is 10.2 Å². The molecule has 3 aromatic rings. The molecule has 0 saturated heterocycles. The SMILES string of the molecule is CNC(=O)[C@H](Cc1ccccc1)N(Cc1ccc(Cl)c(Cl)c1)C(=O)COc1ccc(C(C)C)cc1Br. The number of halogens is 3. The first-order chi connectivity index (χ1) is 17.2. The van der Waals surface area contributed by atoms with Gasteiger partial charge in [-0.3, -0.25) is 9.59 Å². The van der Waals surface area contributed by atoms with Gasteiger partial charge in [-0.1, -0.05) is 79.5 Å². The van der Waals surface area contributed by atoms with Crippen molar-refractivity contribution in [3.63, 3.8) is 0 Å². The van der Waals surface area contributed by atoms with Gasteiger partial charge in [0.1, 0.15) is 11.8 Å². The largest absolute Gasteiger partial charge is 0.483 e. The summed E-state index contributed by atoms with van der Waals surface area (Å²) in [5, 5.41) is 3.50. The smallest absolute Gasteiger partial charge is 0.261 e. The predicted molar refractivity (Wildman–Crippen MR) is 149 cm³/mol. The van der Waals surface area contributed by atoms with Crippen LogP contribution in [0.1, 0.15) is 36.5 Å². The first kappa shape index (κ1) is 28.0. The number of hydrogen-bond donors (Lipinski definition) is 1. The lowest BCUT2D eigenvalue weighted by atomic mass is 10.0. The van der Waals surface area contributed by atoms with Crippen LogP contribution in [0.4, 0.5) is 0 Å². The molecule has 3 rings (SSSR count). The lowest BCUT2D eigenvalue weighted by Crippen LogP contribution is -2.51. The third-order valence-corrected chi connectivity index (χ3v) is 7.19. The summed E-state index contributed by atoms with van der Waals surface area (Å²) < 4.78 is 6.66. The molecule has 0 heterocycles. The fraction of sp³-hybridized carbons (Fsp3) is 0.286. The molecule has 0 aliphatic carbocycles. The Kier molecular flexibility index (Phi) is 10.2. The Morgan fingerprint density at radius 1 is 0.972 bits per heavy atom. The zero-order valence-electron chi connectivity index (χ0n) is 20.4. The second-order valence-electron chi connectivity index (χ2n) is 8.72. The van der Waals surface area contributed by atoms with E-state index in [0.717, 1.165) is 21.2 Å². The Hall–Kier alpha value is -2.54. The average molecular weight is 592 g/mol. The van der Waals surface area contributed by atoms with E-state index in [2.05, 4.69) is 35.1 Å². The van der Waals surface area contributed by atoms with E-state index in [0.29, 0.717) is 28.1 Å². The maximum absolute atomic E-state index is 13.6. The number of amides is 2. The molecule has 0 saturated carbocycles. The number of carbonyl (C=O) groups excluding carboxylic acids is 2. The molecule has 0 aliphatic heterocycles. The van der Waals surface area contributed by atoms with Gasteiger partial charge in [-0.15, -0.1) is 0 Å². The van der Waals surface area contributed by atoms with Crippen molar-refractivity contribution >= 4 is 50.9 Å². The van der Waals surface area contributed by atoms with Crippen LogP contribution in [0.25, 0.3) is 0 Å². The van der Waals surface area contributed by atoms with Crippen molar-refractivity contribution in [2.45, 2.75) is 38.8 Å². The van der Waals surface area contributed by atoms with E-state index >= 15 is 0 Å². The van der Waals surface area contributed by atoms with Gasteiger partial charge >= 0.3 is 0 Å². The molecule has 1 atom stereocenters. The van der Waals surface area contributed by atoms with Crippen LogP contribution < -0.4 is 10.1 Å². The van der Waals surface area contributed by atoms with Crippen LogP contribution in [0.5, 0.6) is 5.75 Å². The Bertz CT molecular complexity index is 1200. The monoisotopic (exact) mass is 590 g/mol. The number of hydrogen-bond acceptors (Lipinski definition) is 3. The van der Waals surface area contributed by atoms with Crippen LogP contribution in [0, 0.1) is 0 Å². The standard InChI is InChI=1S/C28H29BrCl2N2O3/c1-18(2)21-10-12-26(22(29)15-21)36-17-27(34)33(16-20-9-11-23(30)24(31)13-20)25(28(35)32-3)14-19-7-5-4-6-8-19/h4-13,15,18,25H,14,16-17H2,1-3H3,(H,32,35)/t25-/m0/s1. The number of ether oxygens (including phenoxy) is 1. The van der Waals surface area contributed by atoms with E-state index in [1.54, 1.807) is 25.2 Å². The van der Waals surface area contributed by atoms with Crippen LogP contribution >= 0.6 is 39.1 Å². The number of rotatable bonds is 10. The molecule has 0 aromatic heterocycles. The molecule has 3 aromatic carbocycles. The van der Waals surface area contributed by atoms with Crippen molar-refractivity contribution < 1.29 is 14.3 Å². The number of carbonyl (C=O) groups is 2. The zero-order chi connectivity index (χ0) is 26.2. The van der Waals surface area contributed by atoms with E-state index in [-0.39, 0.29) is 25.0 Å². The van der Waals surface area contributed by atoms with Crippen molar-refractivity contribution in [3.05, 3.63) is 97.9 Å². The minimum atomic E-state index is -0.755. The van der Waals surface area contributed by atoms with Crippen molar-refractivity contribution in [1.29, 1.82) is 0 Å². The third kappa shape index (κ3) is 7.48. The van der Waals surface area contributed by atoms with Gasteiger partial charge in [0.15, 0.2) is 6.61 Å². The summed E-state index contributed by atoms with van der Waals surface area (Å²) in [5.74, 6) is 0.326. The molecule has 8 heteroatoms. The average Bonchev–Trinajstić information content (AvgIpc) is 2.87. The summed E-state index contributed by atoms with van der Waals surface area (Å²) in [6.45, 7) is 4.15. The van der Waals surface area contributed by atoms with Gasteiger partial charge in [-0.25, -0.2) is 0 Å². The van der Waals surface area contributed by atoms with E-state index in [4.69, 9.17) is 27.9 Å². The highest BCUT2D eigenvalue weighted by Gasteiger charge is 2.30. The number of benzene rings is 3. The van der Waals surface area contributed by atoms with Crippen molar-refractivity contribution in [2.24, 2.45) is 0 Å². The molecule has 0 unspecified atom stereocenters. The Balaban J connectivity index is 1.89.